The minimum Gasteiger partial charge on any atom is -0.422 e. The van der Waals surface area contributed by atoms with E-state index in [1.54, 1.807) is 18.2 Å². The van der Waals surface area contributed by atoms with Crippen LogP contribution >= 0.6 is 0 Å². The van der Waals surface area contributed by atoms with E-state index in [1.807, 2.05) is 24.3 Å². The third-order valence-electron chi connectivity index (χ3n) is 4.97. The monoisotopic (exact) mass is 362 g/mol. The van der Waals surface area contributed by atoms with Crippen molar-refractivity contribution in [2.24, 2.45) is 0 Å². The number of hydrogen-bond donors (Lipinski definition) is 1. The van der Waals surface area contributed by atoms with Crippen molar-refractivity contribution in [2.75, 3.05) is 13.1 Å². The highest BCUT2D eigenvalue weighted by molar-refractivity contribution is 5.96. The number of hydrogen-bond acceptors (Lipinski definition) is 4. The summed E-state index contributed by atoms with van der Waals surface area (Å²) in [5, 5.41) is 3.53. The Morgan fingerprint density at radius 3 is 2.48 bits per heavy atom. The summed E-state index contributed by atoms with van der Waals surface area (Å²) in [6.07, 6.45) is 2.57. The fourth-order valence-electron chi connectivity index (χ4n) is 3.46. The van der Waals surface area contributed by atoms with Crippen LogP contribution in [0.4, 0.5) is 0 Å². The molecule has 5 nitrogen and oxygen atoms in total. The van der Waals surface area contributed by atoms with Gasteiger partial charge in [-0.05, 0) is 49.2 Å². The van der Waals surface area contributed by atoms with Gasteiger partial charge in [0, 0.05) is 18.5 Å². The first kappa shape index (κ1) is 17.5. The SMILES string of the molecule is O=C(NCc1ccc(CN2CCCC2)cc1)c1cc2ccccc2oc1=O. The van der Waals surface area contributed by atoms with Crippen molar-refractivity contribution in [2.45, 2.75) is 25.9 Å². The molecule has 1 saturated heterocycles. The molecule has 1 aliphatic rings. The predicted molar refractivity (Wildman–Crippen MR) is 105 cm³/mol. The normalized spacial score (nSPS) is 14.5. The number of rotatable bonds is 5. The summed E-state index contributed by atoms with van der Waals surface area (Å²) in [4.78, 5) is 26.9. The predicted octanol–water partition coefficient (Wildman–Crippen LogP) is 3.32. The zero-order valence-electron chi connectivity index (χ0n) is 15.1. The van der Waals surface area contributed by atoms with Crippen LogP contribution in [0.3, 0.4) is 0 Å². The van der Waals surface area contributed by atoms with Crippen molar-refractivity contribution in [3.8, 4) is 0 Å². The van der Waals surface area contributed by atoms with Crippen molar-refractivity contribution < 1.29 is 9.21 Å². The maximum absolute atomic E-state index is 12.4. The van der Waals surface area contributed by atoms with Gasteiger partial charge < -0.3 is 9.73 Å². The van der Waals surface area contributed by atoms with E-state index in [-0.39, 0.29) is 5.56 Å². The average Bonchev–Trinajstić information content (AvgIpc) is 3.19. The van der Waals surface area contributed by atoms with Crippen LogP contribution in [0, 0.1) is 0 Å². The molecule has 2 aromatic carbocycles. The smallest absolute Gasteiger partial charge is 0.349 e. The van der Waals surface area contributed by atoms with Crippen LogP contribution in [0.15, 0.2) is 63.8 Å². The van der Waals surface area contributed by atoms with Crippen LogP contribution in [-0.2, 0) is 13.1 Å². The number of amides is 1. The third kappa shape index (κ3) is 4.09. The number of fused-ring (bicyclic) bond motifs is 1. The van der Waals surface area contributed by atoms with E-state index >= 15 is 0 Å². The van der Waals surface area contributed by atoms with E-state index < -0.39 is 11.5 Å². The molecule has 0 spiro atoms. The van der Waals surface area contributed by atoms with Crippen LogP contribution in [0.2, 0.25) is 0 Å². The van der Waals surface area contributed by atoms with Gasteiger partial charge in [-0.3, -0.25) is 9.69 Å². The first-order valence-corrected chi connectivity index (χ1v) is 9.30. The fraction of sp³-hybridized carbons (Fsp3) is 0.273. The van der Waals surface area contributed by atoms with Gasteiger partial charge in [0.15, 0.2) is 0 Å². The molecule has 0 bridgehead atoms. The van der Waals surface area contributed by atoms with E-state index in [9.17, 15) is 9.59 Å². The second-order valence-corrected chi connectivity index (χ2v) is 6.97. The number of benzene rings is 2. The molecule has 1 fully saturated rings. The summed E-state index contributed by atoms with van der Waals surface area (Å²) in [5.74, 6) is -0.421. The average molecular weight is 362 g/mol. The molecule has 0 saturated carbocycles. The Morgan fingerprint density at radius 2 is 1.70 bits per heavy atom. The number of nitrogens with zero attached hydrogens (tertiary/aromatic N) is 1. The Hall–Kier alpha value is -2.92. The standard InChI is InChI=1S/C22H22N2O3/c25-21(19-13-18-5-1-2-6-20(18)27-22(19)26)23-14-16-7-9-17(10-8-16)15-24-11-3-4-12-24/h1-2,5-10,13H,3-4,11-12,14-15H2,(H,23,25). The van der Waals surface area contributed by atoms with Gasteiger partial charge in [0.2, 0.25) is 0 Å². The van der Waals surface area contributed by atoms with Crippen molar-refractivity contribution in [3.63, 3.8) is 0 Å². The van der Waals surface area contributed by atoms with Gasteiger partial charge in [-0.15, -0.1) is 0 Å². The van der Waals surface area contributed by atoms with Gasteiger partial charge in [0.25, 0.3) is 5.91 Å². The van der Waals surface area contributed by atoms with E-state index in [1.165, 1.54) is 31.5 Å². The van der Waals surface area contributed by atoms with Crippen LogP contribution in [0.25, 0.3) is 11.0 Å². The number of carbonyl (C=O) groups is 1. The number of likely N-dealkylation sites (tertiary alicyclic amines) is 1. The van der Waals surface area contributed by atoms with E-state index in [4.69, 9.17) is 4.42 Å². The molecule has 0 aliphatic carbocycles. The van der Waals surface area contributed by atoms with Crippen molar-refractivity contribution >= 4 is 16.9 Å². The summed E-state index contributed by atoms with van der Waals surface area (Å²) in [5.41, 5.74) is 2.17. The molecule has 138 valence electrons. The lowest BCUT2D eigenvalue weighted by molar-refractivity contribution is 0.0947. The van der Waals surface area contributed by atoms with Crippen molar-refractivity contribution in [3.05, 3.63) is 81.7 Å². The van der Waals surface area contributed by atoms with Gasteiger partial charge in [-0.25, -0.2) is 4.79 Å². The Morgan fingerprint density at radius 1 is 1.00 bits per heavy atom. The lowest BCUT2D eigenvalue weighted by atomic mass is 10.1. The highest BCUT2D eigenvalue weighted by Crippen LogP contribution is 2.14. The summed E-state index contributed by atoms with van der Waals surface area (Å²) < 4.78 is 5.22. The molecule has 27 heavy (non-hydrogen) atoms. The van der Waals surface area contributed by atoms with Gasteiger partial charge in [0.05, 0.1) is 0 Å². The highest BCUT2D eigenvalue weighted by Gasteiger charge is 2.14. The molecule has 3 aromatic rings. The zero-order valence-corrected chi connectivity index (χ0v) is 15.1. The first-order valence-electron chi connectivity index (χ1n) is 9.30. The molecule has 0 unspecified atom stereocenters. The largest absolute Gasteiger partial charge is 0.422 e. The molecule has 1 amide bonds. The maximum Gasteiger partial charge on any atom is 0.349 e. The number of carbonyl (C=O) groups excluding carboxylic acids is 1. The molecule has 1 aromatic heterocycles. The molecule has 0 atom stereocenters. The molecule has 4 rings (SSSR count). The van der Waals surface area contributed by atoms with Gasteiger partial charge in [-0.1, -0.05) is 42.5 Å². The Bertz CT molecular complexity index is 1000. The second-order valence-electron chi connectivity index (χ2n) is 6.97. The Labute approximate surface area is 157 Å². The van der Waals surface area contributed by atoms with Crippen molar-refractivity contribution in [1.29, 1.82) is 0 Å². The molecular weight excluding hydrogens is 340 g/mol. The molecular formula is C22H22N2O3. The minimum absolute atomic E-state index is 0.0272. The molecule has 1 aliphatic heterocycles. The van der Waals surface area contributed by atoms with Crippen LogP contribution < -0.4 is 10.9 Å². The van der Waals surface area contributed by atoms with Gasteiger partial charge >= 0.3 is 5.63 Å². The van der Waals surface area contributed by atoms with Gasteiger partial charge in [0.1, 0.15) is 11.1 Å². The maximum atomic E-state index is 12.4. The fourth-order valence-corrected chi connectivity index (χ4v) is 3.46. The first-order chi connectivity index (χ1) is 13.2. The van der Waals surface area contributed by atoms with E-state index in [2.05, 4.69) is 22.3 Å². The molecule has 0 radical (unpaired) electrons. The summed E-state index contributed by atoms with van der Waals surface area (Å²) >= 11 is 0. The third-order valence-corrected chi connectivity index (χ3v) is 4.97. The topological polar surface area (TPSA) is 62.6 Å². The zero-order chi connectivity index (χ0) is 18.6. The summed E-state index contributed by atoms with van der Waals surface area (Å²) in [6, 6.07) is 17.0. The van der Waals surface area contributed by atoms with Crippen LogP contribution in [0.1, 0.15) is 34.3 Å². The van der Waals surface area contributed by atoms with E-state index in [0.717, 1.165) is 17.5 Å². The summed E-state index contributed by atoms with van der Waals surface area (Å²) in [7, 11) is 0. The van der Waals surface area contributed by atoms with Crippen LogP contribution in [0.5, 0.6) is 0 Å². The lowest BCUT2D eigenvalue weighted by Crippen LogP contribution is -2.27. The van der Waals surface area contributed by atoms with Crippen molar-refractivity contribution in [1.82, 2.24) is 10.2 Å². The quantitative estimate of drug-likeness (QED) is 0.707. The molecule has 5 heteroatoms. The highest BCUT2D eigenvalue weighted by atomic mass is 16.4. The van der Waals surface area contributed by atoms with Gasteiger partial charge in [-0.2, -0.15) is 0 Å². The lowest BCUT2D eigenvalue weighted by Gasteiger charge is -2.14. The van der Waals surface area contributed by atoms with E-state index in [0.29, 0.717) is 12.1 Å². The minimum atomic E-state index is -0.618. The van der Waals surface area contributed by atoms with Crippen LogP contribution in [-0.4, -0.2) is 23.9 Å². The second kappa shape index (κ2) is 7.76. The molecule has 1 N–H and O–H groups in total. The number of nitrogens with one attached hydrogen (secondary N) is 1. The molecule has 2 heterocycles. The Kier molecular flexibility index (Phi) is 5.03. The number of para-hydroxylation sites is 1. The Balaban J connectivity index is 1.40. The summed E-state index contributed by atoms with van der Waals surface area (Å²) in [6.45, 7) is 3.69.